The first-order valence-electron chi connectivity index (χ1n) is 5.69. The van der Waals surface area contributed by atoms with Crippen LogP contribution in [0.25, 0.3) is 0 Å². The lowest BCUT2D eigenvalue weighted by atomic mass is 10.2. The van der Waals surface area contributed by atoms with Crippen molar-refractivity contribution < 1.29 is 29.0 Å². The van der Waals surface area contributed by atoms with Crippen LogP contribution < -0.4 is 4.74 Å². The van der Waals surface area contributed by atoms with Crippen LogP contribution in [0.2, 0.25) is 0 Å². The highest BCUT2D eigenvalue weighted by molar-refractivity contribution is 6.32. The first kappa shape index (κ1) is 14.7. The van der Waals surface area contributed by atoms with Gasteiger partial charge in [0.05, 0.1) is 6.42 Å². The molecule has 6 nitrogen and oxygen atoms in total. The monoisotopic (exact) mass is 266 g/mol. The zero-order chi connectivity index (χ0) is 14.1. The van der Waals surface area contributed by atoms with Gasteiger partial charge in [-0.2, -0.15) is 0 Å². The third-order valence-corrected chi connectivity index (χ3v) is 2.15. The summed E-state index contributed by atoms with van der Waals surface area (Å²) in [5.74, 6) is -2.50. The fourth-order valence-corrected chi connectivity index (χ4v) is 1.23. The summed E-state index contributed by atoms with van der Waals surface area (Å²) in [5.41, 5.74) is 0. The van der Waals surface area contributed by atoms with Gasteiger partial charge in [0, 0.05) is 6.42 Å². The summed E-state index contributed by atoms with van der Waals surface area (Å²) in [6.07, 6.45) is -0.593. The lowest BCUT2D eigenvalue weighted by molar-refractivity contribution is -0.150. The maximum atomic E-state index is 11.2. The first-order chi connectivity index (χ1) is 9.09. The van der Waals surface area contributed by atoms with E-state index in [0.29, 0.717) is 5.75 Å². The van der Waals surface area contributed by atoms with Crippen LogP contribution >= 0.6 is 0 Å². The van der Waals surface area contributed by atoms with E-state index >= 15 is 0 Å². The summed E-state index contributed by atoms with van der Waals surface area (Å²) in [4.78, 5) is 32.1. The Morgan fingerprint density at radius 1 is 1.00 bits per heavy atom. The minimum absolute atomic E-state index is 0.0506. The number of hydrogen-bond acceptors (Lipinski definition) is 5. The number of esters is 1. The average Bonchev–Trinajstić information content (AvgIpc) is 2.42. The average molecular weight is 266 g/mol. The number of ketones is 1. The van der Waals surface area contributed by atoms with Crippen molar-refractivity contribution in [3.8, 4) is 5.75 Å². The van der Waals surface area contributed by atoms with Crippen molar-refractivity contribution in [2.75, 3.05) is 13.2 Å². The zero-order valence-corrected chi connectivity index (χ0v) is 10.2. The molecule has 0 unspecified atom stereocenters. The third-order valence-electron chi connectivity index (χ3n) is 2.15. The molecule has 1 rings (SSSR count). The molecule has 0 bridgehead atoms. The molecule has 19 heavy (non-hydrogen) atoms. The van der Waals surface area contributed by atoms with Crippen molar-refractivity contribution in [1.29, 1.82) is 0 Å². The number of rotatable bonds is 8. The van der Waals surface area contributed by atoms with Gasteiger partial charge in [-0.1, -0.05) is 18.2 Å². The number of aliphatic carboxylic acids is 1. The molecule has 0 radical (unpaired) electrons. The Kier molecular flexibility index (Phi) is 6.08. The van der Waals surface area contributed by atoms with Crippen LogP contribution in [0.1, 0.15) is 12.8 Å². The minimum atomic E-state index is -1.54. The predicted molar refractivity (Wildman–Crippen MR) is 64.8 cm³/mol. The molecule has 0 aliphatic heterocycles. The van der Waals surface area contributed by atoms with Crippen molar-refractivity contribution >= 4 is 17.7 Å². The Balaban J connectivity index is 2.11. The van der Waals surface area contributed by atoms with E-state index in [1.54, 1.807) is 12.1 Å². The maximum Gasteiger partial charge on any atom is 0.372 e. The number of carboxylic acids is 1. The van der Waals surface area contributed by atoms with Crippen LogP contribution in [-0.4, -0.2) is 36.0 Å². The number of benzene rings is 1. The van der Waals surface area contributed by atoms with Crippen molar-refractivity contribution in [2.45, 2.75) is 12.8 Å². The molecule has 0 saturated carbocycles. The molecular formula is C13H14O6. The summed E-state index contributed by atoms with van der Waals surface area (Å²) in [7, 11) is 0. The molecule has 0 spiro atoms. The summed E-state index contributed by atoms with van der Waals surface area (Å²) in [5, 5.41) is 8.31. The SMILES string of the molecule is O=C(CCC(=O)C(=O)O)OCCOc1ccccc1. The van der Waals surface area contributed by atoms with Gasteiger partial charge in [-0.25, -0.2) is 4.79 Å². The van der Waals surface area contributed by atoms with Crippen LogP contribution in [-0.2, 0) is 19.1 Å². The van der Waals surface area contributed by atoms with E-state index in [0.717, 1.165) is 0 Å². The van der Waals surface area contributed by atoms with E-state index in [1.807, 2.05) is 18.2 Å². The largest absolute Gasteiger partial charge is 0.490 e. The van der Waals surface area contributed by atoms with Gasteiger partial charge in [-0.15, -0.1) is 0 Å². The maximum absolute atomic E-state index is 11.2. The minimum Gasteiger partial charge on any atom is -0.490 e. The van der Waals surface area contributed by atoms with Crippen molar-refractivity contribution in [3.63, 3.8) is 0 Å². The summed E-state index contributed by atoms with van der Waals surface area (Å²) in [6.45, 7) is 0.248. The Morgan fingerprint density at radius 2 is 1.68 bits per heavy atom. The third kappa shape index (κ3) is 6.21. The molecule has 0 aliphatic carbocycles. The highest BCUT2D eigenvalue weighted by atomic mass is 16.6. The smallest absolute Gasteiger partial charge is 0.372 e. The molecule has 0 saturated heterocycles. The van der Waals surface area contributed by atoms with Gasteiger partial charge in [0.15, 0.2) is 0 Å². The Labute approximate surface area is 109 Å². The van der Waals surface area contributed by atoms with E-state index in [1.165, 1.54) is 0 Å². The van der Waals surface area contributed by atoms with Gasteiger partial charge in [0.1, 0.15) is 19.0 Å². The van der Waals surface area contributed by atoms with Crippen LogP contribution in [0.3, 0.4) is 0 Å². The molecule has 0 amide bonds. The number of ether oxygens (including phenoxy) is 2. The molecule has 0 atom stereocenters. The highest BCUT2D eigenvalue weighted by Gasteiger charge is 2.14. The van der Waals surface area contributed by atoms with E-state index in [9.17, 15) is 14.4 Å². The van der Waals surface area contributed by atoms with E-state index in [4.69, 9.17) is 14.6 Å². The quantitative estimate of drug-likeness (QED) is 0.429. The zero-order valence-electron chi connectivity index (χ0n) is 10.2. The number of Topliss-reactive ketones (excluding diaryl/α,β-unsaturated/α-hetero) is 1. The normalized spacial score (nSPS) is 9.68. The van der Waals surface area contributed by atoms with Crippen molar-refractivity contribution in [2.24, 2.45) is 0 Å². The second kappa shape index (κ2) is 7.86. The fourth-order valence-electron chi connectivity index (χ4n) is 1.23. The Morgan fingerprint density at radius 3 is 2.32 bits per heavy atom. The van der Waals surface area contributed by atoms with Crippen molar-refractivity contribution in [3.05, 3.63) is 30.3 Å². The van der Waals surface area contributed by atoms with Crippen LogP contribution in [0.4, 0.5) is 0 Å². The molecule has 0 aromatic heterocycles. The van der Waals surface area contributed by atoms with Crippen LogP contribution in [0, 0.1) is 0 Å². The van der Waals surface area contributed by atoms with Gasteiger partial charge >= 0.3 is 11.9 Å². The molecular weight excluding hydrogens is 252 g/mol. The summed E-state index contributed by atoms with van der Waals surface area (Å²) < 4.78 is 10.1. The molecule has 0 fully saturated rings. The number of carbonyl (C=O) groups is 3. The van der Waals surface area contributed by atoms with Gasteiger partial charge in [-0.05, 0) is 12.1 Å². The van der Waals surface area contributed by atoms with E-state index in [-0.39, 0.29) is 26.1 Å². The summed E-state index contributed by atoms with van der Waals surface area (Å²) >= 11 is 0. The fraction of sp³-hybridized carbons (Fsp3) is 0.308. The Hall–Kier alpha value is -2.37. The number of carboxylic acid groups (broad SMARTS) is 1. The van der Waals surface area contributed by atoms with E-state index < -0.39 is 17.7 Å². The highest BCUT2D eigenvalue weighted by Crippen LogP contribution is 2.07. The van der Waals surface area contributed by atoms with Crippen LogP contribution in [0.5, 0.6) is 5.75 Å². The molecule has 0 aliphatic rings. The second-order valence-corrected chi connectivity index (χ2v) is 3.61. The second-order valence-electron chi connectivity index (χ2n) is 3.61. The van der Waals surface area contributed by atoms with E-state index in [2.05, 4.69) is 0 Å². The van der Waals surface area contributed by atoms with Crippen LogP contribution in [0.15, 0.2) is 30.3 Å². The molecule has 1 aromatic carbocycles. The van der Waals surface area contributed by atoms with Crippen molar-refractivity contribution in [1.82, 2.24) is 0 Å². The predicted octanol–water partition coefficient (Wildman–Crippen LogP) is 1.04. The molecule has 6 heteroatoms. The molecule has 1 N–H and O–H groups in total. The molecule has 102 valence electrons. The topological polar surface area (TPSA) is 89.9 Å². The van der Waals surface area contributed by atoms with Gasteiger partial charge in [0.25, 0.3) is 0 Å². The van der Waals surface area contributed by atoms with Gasteiger partial charge in [-0.3, -0.25) is 9.59 Å². The number of hydrogen-bond donors (Lipinski definition) is 1. The standard InChI is InChI=1S/C13H14O6/c14-11(13(16)17)6-7-12(15)19-9-8-18-10-4-2-1-3-5-10/h1-5H,6-9H2,(H,16,17). The Bertz CT molecular complexity index is 440. The lowest BCUT2D eigenvalue weighted by Crippen LogP contribution is -2.16. The first-order valence-corrected chi connectivity index (χ1v) is 5.69. The summed E-state index contributed by atoms with van der Waals surface area (Å²) in [6, 6.07) is 9.03. The molecule has 1 aromatic rings. The van der Waals surface area contributed by atoms with Gasteiger partial charge in [0.2, 0.25) is 5.78 Å². The number of carbonyl (C=O) groups excluding carboxylic acids is 2. The van der Waals surface area contributed by atoms with Gasteiger partial charge < -0.3 is 14.6 Å². The lowest BCUT2D eigenvalue weighted by Gasteiger charge is -2.06. The number of para-hydroxylation sites is 1. The molecule has 0 heterocycles.